The predicted octanol–water partition coefficient (Wildman–Crippen LogP) is 1.24. The van der Waals surface area contributed by atoms with Crippen molar-refractivity contribution in [2.45, 2.75) is 38.6 Å². The zero-order valence-corrected chi connectivity index (χ0v) is 12.3. The summed E-state index contributed by atoms with van der Waals surface area (Å²) in [5.74, 6) is 1.15. The highest BCUT2D eigenvalue weighted by Crippen LogP contribution is 2.32. The largest absolute Gasteiger partial charge is 0.347 e. The van der Waals surface area contributed by atoms with E-state index in [-0.39, 0.29) is 29.7 Å². The SMILES string of the molecule is CC(NC(=O)C1CCCN(C(=O)C2CC2)C1)c1ncc[nH]1. The molecule has 0 spiro atoms. The van der Waals surface area contributed by atoms with E-state index >= 15 is 0 Å². The summed E-state index contributed by atoms with van der Waals surface area (Å²) in [6.45, 7) is 3.27. The molecule has 3 rings (SSSR count). The van der Waals surface area contributed by atoms with Crippen LogP contribution in [-0.2, 0) is 9.59 Å². The van der Waals surface area contributed by atoms with Crippen LogP contribution in [-0.4, -0.2) is 39.8 Å². The van der Waals surface area contributed by atoms with Crippen LogP contribution in [0.2, 0.25) is 0 Å². The van der Waals surface area contributed by atoms with Gasteiger partial charge < -0.3 is 15.2 Å². The van der Waals surface area contributed by atoms with Crippen molar-refractivity contribution in [1.82, 2.24) is 20.2 Å². The quantitative estimate of drug-likeness (QED) is 0.875. The molecule has 2 unspecified atom stereocenters. The summed E-state index contributed by atoms with van der Waals surface area (Å²) < 4.78 is 0. The van der Waals surface area contributed by atoms with Gasteiger partial charge >= 0.3 is 0 Å². The number of aromatic nitrogens is 2. The summed E-state index contributed by atoms with van der Waals surface area (Å²) in [7, 11) is 0. The van der Waals surface area contributed by atoms with Crippen LogP contribution in [0, 0.1) is 11.8 Å². The zero-order valence-electron chi connectivity index (χ0n) is 12.3. The molecule has 21 heavy (non-hydrogen) atoms. The first-order chi connectivity index (χ1) is 10.1. The van der Waals surface area contributed by atoms with E-state index in [0.29, 0.717) is 6.54 Å². The van der Waals surface area contributed by atoms with E-state index in [1.165, 1.54) is 0 Å². The van der Waals surface area contributed by atoms with Crippen molar-refractivity contribution in [3.63, 3.8) is 0 Å². The molecule has 1 saturated carbocycles. The number of aromatic amines is 1. The normalized spacial score (nSPS) is 23.7. The highest BCUT2D eigenvalue weighted by molar-refractivity contribution is 5.83. The number of piperidine rings is 1. The Labute approximate surface area is 124 Å². The zero-order chi connectivity index (χ0) is 14.8. The lowest BCUT2D eigenvalue weighted by Gasteiger charge is -2.32. The summed E-state index contributed by atoms with van der Waals surface area (Å²) in [5.41, 5.74) is 0. The van der Waals surface area contributed by atoms with Crippen LogP contribution in [0.5, 0.6) is 0 Å². The predicted molar refractivity (Wildman–Crippen MR) is 77.2 cm³/mol. The molecule has 1 aliphatic heterocycles. The minimum Gasteiger partial charge on any atom is -0.347 e. The lowest BCUT2D eigenvalue weighted by atomic mass is 9.96. The fraction of sp³-hybridized carbons (Fsp3) is 0.667. The van der Waals surface area contributed by atoms with Crippen LogP contribution in [0.4, 0.5) is 0 Å². The van der Waals surface area contributed by atoms with E-state index in [0.717, 1.165) is 38.1 Å². The van der Waals surface area contributed by atoms with E-state index in [1.807, 2.05) is 11.8 Å². The van der Waals surface area contributed by atoms with Crippen molar-refractivity contribution in [3.8, 4) is 0 Å². The average molecular weight is 290 g/mol. The van der Waals surface area contributed by atoms with Crippen LogP contribution in [0.3, 0.4) is 0 Å². The second-order valence-electron chi connectivity index (χ2n) is 6.10. The number of H-pyrrole nitrogens is 1. The van der Waals surface area contributed by atoms with Gasteiger partial charge in [-0.05, 0) is 32.6 Å². The molecule has 1 aromatic heterocycles. The van der Waals surface area contributed by atoms with E-state index in [1.54, 1.807) is 12.4 Å². The second kappa shape index (κ2) is 5.87. The number of hydrogen-bond donors (Lipinski definition) is 2. The maximum Gasteiger partial charge on any atom is 0.225 e. The number of carbonyl (C=O) groups excluding carboxylic acids is 2. The maximum absolute atomic E-state index is 12.4. The second-order valence-corrected chi connectivity index (χ2v) is 6.10. The average Bonchev–Trinajstić information content (AvgIpc) is 3.20. The monoisotopic (exact) mass is 290 g/mol. The van der Waals surface area contributed by atoms with Gasteiger partial charge in [-0.1, -0.05) is 0 Å². The third kappa shape index (κ3) is 3.25. The minimum atomic E-state index is -0.137. The number of hydrogen-bond acceptors (Lipinski definition) is 3. The number of amides is 2. The van der Waals surface area contributed by atoms with Gasteiger partial charge in [0.2, 0.25) is 11.8 Å². The number of imidazole rings is 1. The van der Waals surface area contributed by atoms with Crippen molar-refractivity contribution in [1.29, 1.82) is 0 Å². The van der Waals surface area contributed by atoms with Gasteiger partial charge in [0.25, 0.3) is 0 Å². The molecule has 2 heterocycles. The molecular weight excluding hydrogens is 268 g/mol. The molecule has 0 aromatic carbocycles. The van der Waals surface area contributed by atoms with Crippen LogP contribution in [0.15, 0.2) is 12.4 Å². The minimum absolute atomic E-state index is 0.0206. The fourth-order valence-corrected chi connectivity index (χ4v) is 2.89. The molecule has 0 bridgehead atoms. The Bertz CT molecular complexity index is 510. The topological polar surface area (TPSA) is 78.1 Å². The Kier molecular flexibility index (Phi) is 3.94. The molecule has 2 atom stereocenters. The van der Waals surface area contributed by atoms with Gasteiger partial charge in [0.15, 0.2) is 0 Å². The lowest BCUT2D eigenvalue weighted by molar-refractivity contribution is -0.137. The molecule has 2 aliphatic rings. The number of nitrogens with zero attached hydrogens (tertiary/aromatic N) is 2. The van der Waals surface area contributed by atoms with Crippen LogP contribution in [0.1, 0.15) is 44.5 Å². The van der Waals surface area contributed by atoms with Crippen molar-refractivity contribution in [3.05, 3.63) is 18.2 Å². The molecule has 1 aromatic rings. The van der Waals surface area contributed by atoms with Crippen molar-refractivity contribution < 1.29 is 9.59 Å². The molecule has 6 heteroatoms. The van der Waals surface area contributed by atoms with Crippen LogP contribution < -0.4 is 5.32 Å². The van der Waals surface area contributed by atoms with Crippen molar-refractivity contribution in [2.24, 2.45) is 11.8 Å². The first-order valence-electron chi connectivity index (χ1n) is 7.73. The van der Waals surface area contributed by atoms with E-state index in [4.69, 9.17) is 0 Å². The van der Waals surface area contributed by atoms with Gasteiger partial charge in [0, 0.05) is 31.4 Å². The molecule has 2 N–H and O–H groups in total. The third-order valence-electron chi connectivity index (χ3n) is 4.32. The number of carbonyl (C=O) groups is 2. The Balaban J connectivity index is 1.55. The number of rotatable bonds is 4. The van der Waals surface area contributed by atoms with E-state index in [9.17, 15) is 9.59 Å². The molecule has 2 fully saturated rings. The first kappa shape index (κ1) is 14.1. The van der Waals surface area contributed by atoms with Gasteiger partial charge in [-0.2, -0.15) is 0 Å². The van der Waals surface area contributed by atoms with Gasteiger partial charge in [0.05, 0.1) is 12.0 Å². The molecule has 2 amide bonds. The summed E-state index contributed by atoms with van der Waals surface area (Å²) in [4.78, 5) is 33.5. The maximum atomic E-state index is 12.4. The Morgan fingerprint density at radius 1 is 1.38 bits per heavy atom. The standard InChI is InChI=1S/C15H22N4O2/c1-10(13-16-6-7-17-13)18-14(20)12-3-2-8-19(9-12)15(21)11-4-5-11/h6-7,10-12H,2-5,8-9H2,1H3,(H,16,17)(H,18,20). The van der Waals surface area contributed by atoms with E-state index in [2.05, 4.69) is 15.3 Å². The molecular formula is C15H22N4O2. The van der Waals surface area contributed by atoms with Gasteiger partial charge in [0.1, 0.15) is 5.82 Å². The fourth-order valence-electron chi connectivity index (χ4n) is 2.89. The molecule has 0 radical (unpaired) electrons. The van der Waals surface area contributed by atoms with Crippen LogP contribution in [0.25, 0.3) is 0 Å². The van der Waals surface area contributed by atoms with Gasteiger partial charge in [-0.25, -0.2) is 4.98 Å². The Morgan fingerprint density at radius 3 is 2.86 bits per heavy atom. The third-order valence-corrected chi connectivity index (χ3v) is 4.32. The Hall–Kier alpha value is -1.85. The van der Waals surface area contributed by atoms with Gasteiger partial charge in [-0.3, -0.25) is 9.59 Å². The summed E-state index contributed by atoms with van der Waals surface area (Å²) in [6.07, 6.45) is 7.21. The molecule has 114 valence electrons. The highest BCUT2D eigenvalue weighted by Gasteiger charge is 2.36. The van der Waals surface area contributed by atoms with Crippen molar-refractivity contribution in [2.75, 3.05) is 13.1 Å². The first-order valence-corrected chi connectivity index (χ1v) is 7.73. The van der Waals surface area contributed by atoms with Crippen LogP contribution >= 0.6 is 0 Å². The van der Waals surface area contributed by atoms with Gasteiger partial charge in [-0.15, -0.1) is 0 Å². The Morgan fingerprint density at radius 2 is 2.19 bits per heavy atom. The molecule has 1 aliphatic carbocycles. The molecule has 6 nitrogen and oxygen atoms in total. The highest BCUT2D eigenvalue weighted by atomic mass is 16.2. The summed E-state index contributed by atoms with van der Waals surface area (Å²) in [6, 6.07) is -0.137. The molecule has 1 saturated heterocycles. The smallest absolute Gasteiger partial charge is 0.225 e. The summed E-state index contributed by atoms with van der Waals surface area (Å²) in [5, 5.41) is 2.99. The summed E-state index contributed by atoms with van der Waals surface area (Å²) >= 11 is 0. The lowest BCUT2D eigenvalue weighted by Crippen LogP contribution is -2.46. The van der Waals surface area contributed by atoms with Crippen molar-refractivity contribution >= 4 is 11.8 Å². The van der Waals surface area contributed by atoms with E-state index < -0.39 is 0 Å². The number of nitrogens with one attached hydrogen (secondary N) is 2. The number of likely N-dealkylation sites (tertiary alicyclic amines) is 1.